The molecule has 0 saturated carbocycles. The van der Waals surface area contributed by atoms with E-state index in [1.807, 2.05) is 13.8 Å². The molecule has 1 saturated heterocycles. The lowest BCUT2D eigenvalue weighted by molar-refractivity contribution is -0.149. The van der Waals surface area contributed by atoms with Gasteiger partial charge in [-0.05, 0) is 40.2 Å². The largest absolute Gasteiger partial charge is 0.465 e. The quantitative estimate of drug-likeness (QED) is 0.666. The summed E-state index contributed by atoms with van der Waals surface area (Å²) in [7, 11) is 0. The average molecular weight is 227 g/mol. The van der Waals surface area contributed by atoms with Crippen molar-refractivity contribution in [1.29, 1.82) is 0 Å². The molecule has 4 nitrogen and oxygen atoms in total. The molecule has 0 bridgehead atoms. The topological polar surface area (TPSA) is 46.6 Å². The zero-order valence-corrected chi connectivity index (χ0v) is 10.4. The molecule has 0 aromatic carbocycles. The van der Waals surface area contributed by atoms with Crippen molar-refractivity contribution >= 4 is 11.8 Å². The summed E-state index contributed by atoms with van der Waals surface area (Å²) in [6, 6.07) is -0.0105. The van der Waals surface area contributed by atoms with E-state index in [1.54, 1.807) is 6.92 Å². The molecule has 0 aromatic rings. The molecule has 4 heteroatoms. The third-order valence-electron chi connectivity index (χ3n) is 3.07. The fraction of sp³-hybridized carbons (Fsp3) is 0.833. The molecule has 2 unspecified atom stereocenters. The number of nitrogens with zero attached hydrogens (tertiary/aromatic N) is 1. The first-order valence-corrected chi connectivity index (χ1v) is 5.98. The van der Waals surface area contributed by atoms with Gasteiger partial charge in [0.2, 0.25) is 0 Å². The van der Waals surface area contributed by atoms with Crippen molar-refractivity contribution in [3.05, 3.63) is 0 Å². The minimum absolute atomic E-state index is 0.182. The summed E-state index contributed by atoms with van der Waals surface area (Å²) in [6.45, 7) is 6.57. The Kier molecular flexibility index (Phi) is 4.93. The van der Waals surface area contributed by atoms with Crippen LogP contribution in [0.5, 0.6) is 0 Å². The molecule has 0 radical (unpaired) electrons. The van der Waals surface area contributed by atoms with Crippen molar-refractivity contribution < 1.29 is 14.3 Å². The molecular formula is C12H21NO3. The Morgan fingerprint density at radius 3 is 2.75 bits per heavy atom. The van der Waals surface area contributed by atoms with Crippen molar-refractivity contribution in [3.63, 3.8) is 0 Å². The fourth-order valence-electron chi connectivity index (χ4n) is 2.32. The highest BCUT2D eigenvalue weighted by atomic mass is 16.5. The van der Waals surface area contributed by atoms with Crippen LogP contribution in [0.3, 0.4) is 0 Å². The van der Waals surface area contributed by atoms with E-state index < -0.39 is 0 Å². The molecule has 0 aliphatic carbocycles. The van der Waals surface area contributed by atoms with Gasteiger partial charge in [0, 0.05) is 12.5 Å². The summed E-state index contributed by atoms with van der Waals surface area (Å²) < 4.78 is 5.00. The summed E-state index contributed by atoms with van der Waals surface area (Å²) in [5.74, 6) is 0.00547. The highest BCUT2D eigenvalue weighted by molar-refractivity contribution is 5.77. The van der Waals surface area contributed by atoms with Gasteiger partial charge >= 0.3 is 5.97 Å². The first-order valence-electron chi connectivity index (χ1n) is 5.98. The first-order chi connectivity index (χ1) is 7.56. The number of likely N-dealkylation sites (tertiary alicyclic amines) is 1. The SMILES string of the molecule is CCOC(=O)C(C)N1CCCC1CC(C)=O. The van der Waals surface area contributed by atoms with Crippen LogP contribution in [0.25, 0.3) is 0 Å². The van der Waals surface area contributed by atoms with Crippen molar-refractivity contribution in [2.45, 2.75) is 52.1 Å². The molecule has 0 amide bonds. The summed E-state index contributed by atoms with van der Waals surface area (Å²) in [5.41, 5.74) is 0. The smallest absolute Gasteiger partial charge is 0.323 e. The van der Waals surface area contributed by atoms with Gasteiger partial charge in [0.25, 0.3) is 0 Å². The lowest BCUT2D eigenvalue weighted by atomic mass is 10.1. The lowest BCUT2D eigenvalue weighted by Gasteiger charge is -2.28. The van der Waals surface area contributed by atoms with Crippen molar-refractivity contribution in [2.24, 2.45) is 0 Å². The predicted molar refractivity (Wildman–Crippen MR) is 61.1 cm³/mol. The van der Waals surface area contributed by atoms with Gasteiger partial charge in [0.1, 0.15) is 11.8 Å². The van der Waals surface area contributed by atoms with E-state index in [4.69, 9.17) is 4.74 Å². The van der Waals surface area contributed by atoms with E-state index in [2.05, 4.69) is 4.90 Å². The van der Waals surface area contributed by atoms with E-state index in [0.717, 1.165) is 19.4 Å². The number of rotatable bonds is 5. The van der Waals surface area contributed by atoms with Gasteiger partial charge in [-0.25, -0.2) is 0 Å². The van der Waals surface area contributed by atoms with E-state index in [1.165, 1.54) is 0 Å². The van der Waals surface area contributed by atoms with Crippen molar-refractivity contribution in [2.75, 3.05) is 13.2 Å². The Morgan fingerprint density at radius 1 is 1.50 bits per heavy atom. The maximum atomic E-state index is 11.6. The Hall–Kier alpha value is -0.900. The van der Waals surface area contributed by atoms with E-state index >= 15 is 0 Å². The van der Waals surface area contributed by atoms with Crippen LogP contribution in [-0.4, -0.2) is 41.9 Å². The maximum Gasteiger partial charge on any atom is 0.323 e. The molecule has 1 aliphatic rings. The molecule has 0 N–H and O–H groups in total. The number of carbonyl (C=O) groups is 2. The van der Waals surface area contributed by atoms with Gasteiger partial charge in [0.05, 0.1) is 6.61 Å². The minimum Gasteiger partial charge on any atom is -0.465 e. The summed E-state index contributed by atoms with van der Waals surface area (Å²) in [6.07, 6.45) is 2.61. The van der Waals surface area contributed by atoms with Crippen LogP contribution < -0.4 is 0 Å². The molecule has 1 rings (SSSR count). The number of ketones is 1. The molecule has 2 atom stereocenters. The minimum atomic E-state index is -0.230. The Morgan fingerprint density at radius 2 is 2.19 bits per heavy atom. The number of ether oxygens (including phenoxy) is 1. The average Bonchev–Trinajstić information content (AvgIpc) is 2.64. The second-order valence-electron chi connectivity index (χ2n) is 4.37. The van der Waals surface area contributed by atoms with Gasteiger partial charge in [-0.1, -0.05) is 0 Å². The first kappa shape index (κ1) is 13.2. The molecule has 1 aliphatic heterocycles. The van der Waals surface area contributed by atoms with Crippen LogP contribution in [-0.2, 0) is 14.3 Å². The van der Waals surface area contributed by atoms with Gasteiger partial charge in [-0.15, -0.1) is 0 Å². The summed E-state index contributed by atoms with van der Waals surface area (Å²) in [5, 5.41) is 0. The van der Waals surface area contributed by atoms with Crippen LogP contribution in [0.15, 0.2) is 0 Å². The monoisotopic (exact) mass is 227 g/mol. The Balaban J connectivity index is 2.56. The third kappa shape index (κ3) is 3.30. The van der Waals surface area contributed by atoms with E-state index in [9.17, 15) is 9.59 Å². The van der Waals surface area contributed by atoms with E-state index in [0.29, 0.717) is 13.0 Å². The second kappa shape index (κ2) is 5.99. The number of hydrogen-bond acceptors (Lipinski definition) is 4. The Bertz CT molecular complexity index is 265. The Labute approximate surface area is 96.9 Å². The predicted octanol–water partition coefficient (Wildman–Crippen LogP) is 1.38. The summed E-state index contributed by atoms with van der Waals surface area (Å²) in [4.78, 5) is 24.8. The zero-order chi connectivity index (χ0) is 12.1. The highest BCUT2D eigenvalue weighted by Crippen LogP contribution is 2.23. The standard InChI is InChI=1S/C12H21NO3/c1-4-16-12(15)10(3)13-7-5-6-11(13)8-9(2)14/h10-11H,4-8H2,1-3H3. The van der Waals surface area contributed by atoms with E-state index in [-0.39, 0.29) is 23.8 Å². The van der Waals surface area contributed by atoms with Gasteiger partial charge in [0.15, 0.2) is 0 Å². The van der Waals surface area contributed by atoms with Gasteiger partial charge in [-0.2, -0.15) is 0 Å². The van der Waals surface area contributed by atoms with Crippen LogP contribution in [0.4, 0.5) is 0 Å². The fourth-order valence-corrected chi connectivity index (χ4v) is 2.32. The number of hydrogen-bond donors (Lipinski definition) is 0. The van der Waals surface area contributed by atoms with Crippen molar-refractivity contribution in [3.8, 4) is 0 Å². The third-order valence-corrected chi connectivity index (χ3v) is 3.07. The number of carbonyl (C=O) groups excluding carboxylic acids is 2. The molecule has 1 heterocycles. The highest BCUT2D eigenvalue weighted by Gasteiger charge is 2.33. The molecule has 0 aromatic heterocycles. The molecular weight excluding hydrogens is 206 g/mol. The lowest BCUT2D eigenvalue weighted by Crippen LogP contribution is -2.43. The van der Waals surface area contributed by atoms with Crippen LogP contribution >= 0.6 is 0 Å². The molecule has 92 valence electrons. The zero-order valence-electron chi connectivity index (χ0n) is 10.4. The molecule has 0 spiro atoms. The van der Waals surface area contributed by atoms with Crippen LogP contribution in [0, 0.1) is 0 Å². The summed E-state index contributed by atoms with van der Waals surface area (Å²) >= 11 is 0. The van der Waals surface area contributed by atoms with Crippen LogP contribution in [0.2, 0.25) is 0 Å². The second-order valence-corrected chi connectivity index (χ2v) is 4.37. The van der Waals surface area contributed by atoms with Crippen molar-refractivity contribution in [1.82, 2.24) is 4.90 Å². The molecule has 16 heavy (non-hydrogen) atoms. The normalized spacial score (nSPS) is 23.1. The van der Waals surface area contributed by atoms with Gasteiger partial charge < -0.3 is 4.74 Å². The van der Waals surface area contributed by atoms with Crippen LogP contribution in [0.1, 0.15) is 40.0 Å². The molecule has 1 fully saturated rings. The van der Waals surface area contributed by atoms with Gasteiger partial charge in [-0.3, -0.25) is 14.5 Å². The number of Topliss-reactive ketones (excluding diaryl/α,β-unsaturated/α-hetero) is 1. The maximum absolute atomic E-state index is 11.6. The number of esters is 1.